The molecule has 0 fully saturated rings. The van der Waals surface area contributed by atoms with Crippen LogP contribution in [0.3, 0.4) is 0 Å². The van der Waals surface area contributed by atoms with Crippen LogP contribution < -0.4 is 10.6 Å². The van der Waals surface area contributed by atoms with Crippen molar-refractivity contribution in [2.45, 2.75) is 52.3 Å². The highest BCUT2D eigenvalue weighted by molar-refractivity contribution is 5.73. The molecule has 0 saturated carbocycles. The van der Waals surface area contributed by atoms with E-state index in [1.54, 1.807) is 6.20 Å². The first-order chi connectivity index (χ1) is 16.7. The van der Waals surface area contributed by atoms with Crippen LogP contribution >= 0.6 is 0 Å². The van der Waals surface area contributed by atoms with Crippen molar-refractivity contribution in [1.29, 1.82) is 0 Å². The van der Waals surface area contributed by atoms with Crippen molar-refractivity contribution in [3.05, 3.63) is 89.2 Å². The van der Waals surface area contributed by atoms with Crippen molar-refractivity contribution in [2.75, 3.05) is 6.54 Å². The zero-order valence-electron chi connectivity index (χ0n) is 20.4. The summed E-state index contributed by atoms with van der Waals surface area (Å²) in [7, 11) is 0. The summed E-state index contributed by atoms with van der Waals surface area (Å²) in [5.41, 5.74) is 4.73. The van der Waals surface area contributed by atoms with E-state index in [4.69, 9.17) is 0 Å². The maximum atomic E-state index is 13.6. The number of hydrogen-bond acceptors (Lipinski definition) is 4. The summed E-state index contributed by atoms with van der Waals surface area (Å²) < 4.78 is 27.2. The van der Waals surface area contributed by atoms with E-state index in [2.05, 4.69) is 47.7 Å². The van der Waals surface area contributed by atoms with Crippen molar-refractivity contribution in [1.82, 2.24) is 15.6 Å². The number of aliphatic hydroxyl groups is 1. The molecule has 3 rings (SSSR count). The highest BCUT2D eigenvalue weighted by Gasteiger charge is 2.21. The van der Waals surface area contributed by atoms with E-state index in [1.165, 1.54) is 24.6 Å². The van der Waals surface area contributed by atoms with Crippen LogP contribution in [0.25, 0.3) is 11.1 Å². The number of halogens is 2. The molecule has 1 heterocycles. The van der Waals surface area contributed by atoms with Gasteiger partial charge in [0.15, 0.2) is 0 Å². The predicted octanol–water partition coefficient (Wildman–Crippen LogP) is 4.42. The Morgan fingerprint density at radius 1 is 1.03 bits per heavy atom. The molecule has 0 saturated heterocycles. The van der Waals surface area contributed by atoms with Gasteiger partial charge in [-0.1, -0.05) is 38.1 Å². The first kappa shape index (κ1) is 26.4. The van der Waals surface area contributed by atoms with Crippen molar-refractivity contribution in [2.24, 2.45) is 5.92 Å². The van der Waals surface area contributed by atoms with E-state index >= 15 is 0 Å². The number of aromatic nitrogens is 1. The van der Waals surface area contributed by atoms with Gasteiger partial charge in [-0.2, -0.15) is 0 Å². The van der Waals surface area contributed by atoms with Gasteiger partial charge in [0, 0.05) is 44.0 Å². The Bertz CT molecular complexity index is 1100. The summed E-state index contributed by atoms with van der Waals surface area (Å²) in [5, 5.41) is 16.8. The fraction of sp³-hybridized carbons (Fsp3) is 0.357. The number of carbonyl (C=O) groups excluding carboxylic acids is 1. The predicted molar refractivity (Wildman–Crippen MR) is 134 cm³/mol. The number of carbonyl (C=O) groups is 1. The standard InChI is InChI=1S/C28H33F2N3O2/c1-18(2)9-20-6-7-26(22-5-4-8-31-15-22)23(10-20)16-32-17-28(35)27(33-19(3)34)13-21-11-24(29)14-25(30)12-21/h4-8,10-12,14-15,18,27-28,32,35H,9,13,16-17H2,1-3H3,(H,33,34)/t27-,28+/m0/s1. The normalized spacial score (nSPS) is 13.0. The van der Waals surface area contributed by atoms with Crippen LogP contribution in [-0.4, -0.2) is 34.7 Å². The zero-order chi connectivity index (χ0) is 25.4. The highest BCUT2D eigenvalue weighted by Crippen LogP contribution is 2.25. The molecule has 2 atom stereocenters. The van der Waals surface area contributed by atoms with Gasteiger partial charge in [-0.25, -0.2) is 8.78 Å². The fourth-order valence-electron chi connectivity index (χ4n) is 4.22. The second-order valence-electron chi connectivity index (χ2n) is 9.32. The molecule has 5 nitrogen and oxygen atoms in total. The molecule has 0 spiro atoms. The van der Waals surface area contributed by atoms with Crippen LogP contribution in [-0.2, 0) is 24.2 Å². The maximum absolute atomic E-state index is 13.6. The Kier molecular flexibility index (Phi) is 9.46. The molecule has 0 aliphatic heterocycles. The van der Waals surface area contributed by atoms with Gasteiger partial charge in [0.25, 0.3) is 0 Å². The maximum Gasteiger partial charge on any atom is 0.217 e. The van der Waals surface area contributed by atoms with Crippen molar-refractivity contribution < 1.29 is 18.7 Å². The van der Waals surface area contributed by atoms with Gasteiger partial charge < -0.3 is 15.7 Å². The Morgan fingerprint density at radius 3 is 2.40 bits per heavy atom. The Morgan fingerprint density at radius 2 is 1.77 bits per heavy atom. The first-order valence-corrected chi connectivity index (χ1v) is 11.8. The van der Waals surface area contributed by atoms with E-state index in [0.29, 0.717) is 18.0 Å². The molecule has 1 amide bonds. The van der Waals surface area contributed by atoms with Crippen LogP contribution in [0.15, 0.2) is 60.9 Å². The average Bonchev–Trinajstić information content (AvgIpc) is 2.78. The van der Waals surface area contributed by atoms with Crippen molar-refractivity contribution >= 4 is 5.91 Å². The molecule has 3 N–H and O–H groups in total. The third kappa shape index (κ3) is 8.23. The quantitative estimate of drug-likeness (QED) is 0.379. The van der Waals surface area contributed by atoms with Gasteiger partial charge in [0.1, 0.15) is 11.6 Å². The van der Waals surface area contributed by atoms with Gasteiger partial charge in [0.2, 0.25) is 5.91 Å². The van der Waals surface area contributed by atoms with E-state index in [1.807, 2.05) is 18.3 Å². The number of amides is 1. The van der Waals surface area contributed by atoms with E-state index in [0.717, 1.165) is 29.2 Å². The lowest BCUT2D eigenvalue weighted by molar-refractivity contribution is -0.120. The summed E-state index contributed by atoms with van der Waals surface area (Å²) >= 11 is 0. The molecule has 0 aliphatic carbocycles. The molecule has 0 unspecified atom stereocenters. The number of pyridine rings is 1. The van der Waals surface area contributed by atoms with Crippen molar-refractivity contribution in [3.8, 4) is 11.1 Å². The third-order valence-electron chi connectivity index (χ3n) is 5.69. The number of nitrogens with one attached hydrogen (secondary N) is 2. The van der Waals surface area contributed by atoms with Crippen LogP contribution in [0.4, 0.5) is 8.78 Å². The smallest absolute Gasteiger partial charge is 0.217 e. The van der Waals surface area contributed by atoms with Crippen LogP contribution in [0, 0.1) is 17.6 Å². The minimum absolute atomic E-state index is 0.0991. The van der Waals surface area contributed by atoms with Gasteiger partial charge in [-0.05, 0) is 59.2 Å². The second kappa shape index (κ2) is 12.5. The molecule has 0 radical (unpaired) electrons. The van der Waals surface area contributed by atoms with Gasteiger partial charge in [0.05, 0.1) is 12.1 Å². The fourth-order valence-corrected chi connectivity index (χ4v) is 4.22. The SMILES string of the molecule is CC(=O)N[C@@H](Cc1cc(F)cc(F)c1)[C@H](O)CNCc1cc(CC(C)C)ccc1-c1cccnc1. The molecule has 186 valence electrons. The average molecular weight is 482 g/mol. The van der Waals surface area contributed by atoms with Crippen LogP contribution in [0.1, 0.15) is 37.5 Å². The highest BCUT2D eigenvalue weighted by atomic mass is 19.1. The molecular weight excluding hydrogens is 448 g/mol. The Balaban J connectivity index is 1.73. The molecule has 0 aliphatic rings. The van der Waals surface area contributed by atoms with E-state index in [-0.39, 0.29) is 18.9 Å². The Labute approximate surface area is 205 Å². The summed E-state index contributed by atoms with van der Waals surface area (Å²) in [6.07, 6.45) is 3.64. The van der Waals surface area contributed by atoms with Crippen LogP contribution in [0.5, 0.6) is 0 Å². The minimum Gasteiger partial charge on any atom is -0.390 e. The number of nitrogens with zero attached hydrogens (tertiary/aromatic N) is 1. The largest absolute Gasteiger partial charge is 0.390 e. The summed E-state index contributed by atoms with van der Waals surface area (Å²) in [4.78, 5) is 15.9. The molecular formula is C28H33F2N3O2. The molecule has 1 aromatic heterocycles. The topological polar surface area (TPSA) is 74.2 Å². The van der Waals surface area contributed by atoms with Gasteiger partial charge >= 0.3 is 0 Å². The number of aliphatic hydroxyl groups excluding tert-OH is 1. The monoisotopic (exact) mass is 481 g/mol. The lowest BCUT2D eigenvalue weighted by Crippen LogP contribution is -2.48. The zero-order valence-corrected chi connectivity index (χ0v) is 20.4. The molecule has 3 aromatic rings. The lowest BCUT2D eigenvalue weighted by atomic mass is 9.95. The minimum atomic E-state index is -0.967. The van der Waals surface area contributed by atoms with E-state index < -0.39 is 23.8 Å². The number of hydrogen-bond donors (Lipinski definition) is 3. The van der Waals surface area contributed by atoms with E-state index in [9.17, 15) is 18.7 Å². The van der Waals surface area contributed by atoms with Gasteiger partial charge in [-0.15, -0.1) is 0 Å². The summed E-state index contributed by atoms with van der Waals surface area (Å²) in [5.74, 6) is -1.20. The molecule has 2 aromatic carbocycles. The van der Waals surface area contributed by atoms with Crippen molar-refractivity contribution in [3.63, 3.8) is 0 Å². The Hall–Kier alpha value is -3.16. The molecule has 0 bridgehead atoms. The number of benzene rings is 2. The third-order valence-corrected chi connectivity index (χ3v) is 5.69. The summed E-state index contributed by atoms with van der Waals surface area (Å²) in [6.45, 7) is 6.38. The molecule has 7 heteroatoms. The summed E-state index contributed by atoms with van der Waals surface area (Å²) in [6, 6.07) is 12.8. The second-order valence-corrected chi connectivity index (χ2v) is 9.32. The molecule has 35 heavy (non-hydrogen) atoms. The van der Waals surface area contributed by atoms with Crippen LogP contribution in [0.2, 0.25) is 0 Å². The number of rotatable bonds is 11. The first-order valence-electron chi connectivity index (χ1n) is 11.8. The lowest BCUT2D eigenvalue weighted by Gasteiger charge is -2.24. The van der Waals surface area contributed by atoms with Gasteiger partial charge in [-0.3, -0.25) is 9.78 Å².